The van der Waals surface area contributed by atoms with Crippen LogP contribution in [-0.4, -0.2) is 22.6 Å². The smallest absolute Gasteiger partial charge is 0.273 e. The minimum Gasteiger partial charge on any atom is -0.454 e. The molecular formula is C31H32FN3O4. The molecule has 202 valence electrons. The quantitative estimate of drug-likeness (QED) is 0.288. The maximum Gasteiger partial charge on any atom is 0.273 e. The van der Waals surface area contributed by atoms with Crippen LogP contribution in [0.25, 0.3) is 0 Å². The molecule has 0 atom stereocenters. The van der Waals surface area contributed by atoms with Gasteiger partial charge < -0.3 is 19.2 Å². The zero-order valence-electron chi connectivity index (χ0n) is 22.4. The Morgan fingerprint density at radius 1 is 0.897 bits per heavy atom. The number of ether oxygens (including phenoxy) is 2. The van der Waals surface area contributed by atoms with Crippen molar-refractivity contribution in [2.45, 2.75) is 52.4 Å². The normalized spacial score (nSPS) is 12.6. The van der Waals surface area contributed by atoms with Gasteiger partial charge in [0.1, 0.15) is 12.1 Å². The molecule has 0 fully saturated rings. The van der Waals surface area contributed by atoms with Gasteiger partial charge in [-0.15, -0.1) is 0 Å². The summed E-state index contributed by atoms with van der Waals surface area (Å²) in [7, 11) is 0. The lowest BCUT2D eigenvalue weighted by Gasteiger charge is -2.23. The summed E-state index contributed by atoms with van der Waals surface area (Å²) in [5.74, 6) is 1.25. The Hall–Kier alpha value is -4.17. The minimum atomic E-state index is -0.352. The number of carbonyl (C=O) groups is 1. The highest BCUT2D eigenvalue weighted by molar-refractivity contribution is 5.91. The summed E-state index contributed by atoms with van der Waals surface area (Å²) in [4.78, 5) is 19.3. The van der Waals surface area contributed by atoms with Crippen molar-refractivity contribution in [1.29, 1.82) is 0 Å². The molecule has 1 aliphatic heterocycles. The molecule has 2 heterocycles. The number of nitrogens with one attached hydrogen (secondary N) is 1. The summed E-state index contributed by atoms with van der Waals surface area (Å²) < 4.78 is 29.8. The summed E-state index contributed by atoms with van der Waals surface area (Å²) in [6, 6.07) is 20.6. The first-order chi connectivity index (χ1) is 18.7. The van der Waals surface area contributed by atoms with Gasteiger partial charge in [0, 0.05) is 19.6 Å². The van der Waals surface area contributed by atoms with E-state index in [1.165, 1.54) is 24.0 Å². The fourth-order valence-electron chi connectivity index (χ4n) is 4.39. The number of hydrogen-bond donors (Lipinski definition) is 1. The lowest BCUT2D eigenvalue weighted by atomic mass is 9.87. The van der Waals surface area contributed by atoms with Gasteiger partial charge in [-0.3, -0.25) is 9.69 Å². The van der Waals surface area contributed by atoms with Crippen LogP contribution in [0.5, 0.6) is 11.5 Å². The van der Waals surface area contributed by atoms with Gasteiger partial charge >= 0.3 is 0 Å². The first-order valence-electron chi connectivity index (χ1n) is 12.9. The molecule has 1 aliphatic rings. The molecule has 0 radical (unpaired) electrons. The first-order valence-corrected chi connectivity index (χ1v) is 12.9. The highest BCUT2D eigenvalue weighted by Crippen LogP contribution is 2.33. The van der Waals surface area contributed by atoms with Gasteiger partial charge in [0.15, 0.2) is 17.2 Å². The van der Waals surface area contributed by atoms with E-state index >= 15 is 0 Å². The molecule has 39 heavy (non-hydrogen) atoms. The molecule has 4 aromatic rings. The molecule has 0 unspecified atom stereocenters. The summed E-state index contributed by atoms with van der Waals surface area (Å²) in [5.41, 5.74) is 4.57. The molecule has 0 spiro atoms. The standard InChI is InChI=1S/C31H32FN3O4/c1-31(2,3)24-9-4-22(5-10-24)16-35(17-23-8-13-27-28(14-23)39-20-38-27)18-29-34-26(19-37-29)30(36)33-15-21-6-11-25(32)12-7-21/h4-14,19H,15-18,20H2,1-3H3,(H,33,36). The molecule has 1 N–H and O–H groups in total. The fourth-order valence-corrected chi connectivity index (χ4v) is 4.39. The van der Waals surface area contributed by atoms with E-state index in [9.17, 15) is 9.18 Å². The summed E-state index contributed by atoms with van der Waals surface area (Å²) >= 11 is 0. The van der Waals surface area contributed by atoms with Crippen molar-refractivity contribution in [3.63, 3.8) is 0 Å². The zero-order valence-corrected chi connectivity index (χ0v) is 22.4. The van der Waals surface area contributed by atoms with Gasteiger partial charge in [-0.1, -0.05) is 63.2 Å². The second-order valence-electron chi connectivity index (χ2n) is 10.7. The van der Waals surface area contributed by atoms with E-state index in [0.29, 0.717) is 25.5 Å². The van der Waals surface area contributed by atoms with E-state index in [0.717, 1.165) is 28.2 Å². The summed E-state index contributed by atoms with van der Waals surface area (Å²) in [6.45, 7) is 8.77. The van der Waals surface area contributed by atoms with E-state index in [1.807, 2.05) is 18.2 Å². The number of hydrogen-bond acceptors (Lipinski definition) is 6. The van der Waals surface area contributed by atoms with Crippen LogP contribution in [0, 0.1) is 5.82 Å². The number of rotatable bonds is 9. The van der Waals surface area contributed by atoms with Gasteiger partial charge in [-0.2, -0.15) is 0 Å². The van der Waals surface area contributed by atoms with E-state index in [-0.39, 0.29) is 36.2 Å². The molecule has 0 bridgehead atoms. The fraction of sp³-hybridized carbons (Fsp3) is 0.290. The Morgan fingerprint density at radius 2 is 1.56 bits per heavy atom. The van der Waals surface area contributed by atoms with Crippen molar-refractivity contribution in [2.24, 2.45) is 0 Å². The number of benzene rings is 3. The third kappa shape index (κ3) is 6.83. The number of fused-ring (bicyclic) bond motifs is 1. The molecule has 0 aliphatic carbocycles. The van der Waals surface area contributed by atoms with Crippen molar-refractivity contribution in [3.05, 3.63) is 113 Å². The van der Waals surface area contributed by atoms with Gasteiger partial charge in [0.05, 0.1) is 6.54 Å². The molecule has 0 saturated heterocycles. The predicted octanol–water partition coefficient (Wildman–Crippen LogP) is 5.97. The lowest BCUT2D eigenvalue weighted by Crippen LogP contribution is -2.24. The average Bonchev–Trinajstić information content (AvgIpc) is 3.57. The highest BCUT2D eigenvalue weighted by atomic mass is 19.1. The SMILES string of the molecule is CC(C)(C)c1ccc(CN(Cc2ccc3c(c2)OCO3)Cc2nc(C(=O)NCc3ccc(F)cc3)co2)cc1. The van der Waals surface area contributed by atoms with Crippen molar-refractivity contribution < 1.29 is 23.1 Å². The monoisotopic (exact) mass is 529 g/mol. The van der Waals surface area contributed by atoms with Crippen LogP contribution in [0.3, 0.4) is 0 Å². The van der Waals surface area contributed by atoms with Crippen LogP contribution >= 0.6 is 0 Å². The maximum atomic E-state index is 13.1. The topological polar surface area (TPSA) is 76.8 Å². The third-order valence-corrected chi connectivity index (χ3v) is 6.58. The van der Waals surface area contributed by atoms with E-state index < -0.39 is 0 Å². The number of aromatic nitrogens is 1. The second-order valence-corrected chi connectivity index (χ2v) is 10.7. The van der Waals surface area contributed by atoms with Crippen molar-refractivity contribution in [2.75, 3.05) is 6.79 Å². The average molecular weight is 530 g/mol. The molecule has 8 heteroatoms. The van der Waals surface area contributed by atoms with Gasteiger partial charge in [0.2, 0.25) is 12.7 Å². The van der Waals surface area contributed by atoms with Crippen LogP contribution in [0.4, 0.5) is 4.39 Å². The number of halogens is 1. The van der Waals surface area contributed by atoms with Crippen LogP contribution in [-0.2, 0) is 31.6 Å². The van der Waals surface area contributed by atoms with E-state index in [1.54, 1.807) is 12.1 Å². The lowest BCUT2D eigenvalue weighted by molar-refractivity contribution is 0.0945. The molecule has 1 amide bonds. The minimum absolute atomic E-state index is 0.0798. The molecule has 1 aromatic heterocycles. The van der Waals surface area contributed by atoms with Gasteiger partial charge in [0.25, 0.3) is 5.91 Å². The Kier molecular flexibility index (Phi) is 7.65. The van der Waals surface area contributed by atoms with Gasteiger partial charge in [-0.05, 0) is 51.9 Å². The Bertz CT molecular complexity index is 1430. The molecular weight excluding hydrogens is 497 g/mol. The Balaban J connectivity index is 1.28. The first kappa shape index (κ1) is 26.4. The van der Waals surface area contributed by atoms with E-state index in [2.05, 4.69) is 60.2 Å². The summed E-state index contributed by atoms with van der Waals surface area (Å²) in [6.07, 6.45) is 1.37. The Labute approximate surface area is 227 Å². The third-order valence-electron chi connectivity index (χ3n) is 6.58. The molecule has 0 saturated carbocycles. The molecule has 7 nitrogen and oxygen atoms in total. The maximum absolute atomic E-state index is 13.1. The van der Waals surface area contributed by atoms with Crippen molar-refractivity contribution in [1.82, 2.24) is 15.2 Å². The summed E-state index contributed by atoms with van der Waals surface area (Å²) in [5, 5.41) is 2.80. The molecule has 5 rings (SSSR count). The van der Waals surface area contributed by atoms with Crippen LogP contribution in [0.15, 0.2) is 77.4 Å². The number of carbonyl (C=O) groups excluding carboxylic acids is 1. The number of nitrogens with zero attached hydrogens (tertiary/aromatic N) is 2. The predicted molar refractivity (Wildman–Crippen MR) is 145 cm³/mol. The van der Waals surface area contributed by atoms with Crippen molar-refractivity contribution >= 4 is 5.91 Å². The second kappa shape index (κ2) is 11.3. The van der Waals surface area contributed by atoms with E-state index in [4.69, 9.17) is 13.9 Å². The largest absolute Gasteiger partial charge is 0.454 e. The Morgan fingerprint density at radius 3 is 2.31 bits per heavy atom. The van der Waals surface area contributed by atoms with Crippen LogP contribution in [0.1, 0.15) is 59.4 Å². The highest BCUT2D eigenvalue weighted by Gasteiger charge is 2.19. The van der Waals surface area contributed by atoms with Crippen LogP contribution < -0.4 is 14.8 Å². The number of oxazole rings is 1. The molecule has 3 aromatic carbocycles. The van der Waals surface area contributed by atoms with Crippen molar-refractivity contribution in [3.8, 4) is 11.5 Å². The zero-order chi connectivity index (χ0) is 27.4. The van der Waals surface area contributed by atoms with Gasteiger partial charge in [-0.25, -0.2) is 9.37 Å². The number of amides is 1. The van der Waals surface area contributed by atoms with Crippen LogP contribution in [0.2, 0.25) is 0 Å².